The number of halogens is 2. The largest absolute Gasteiger partial charge is 0.437 e. The maximum absolute atomic E-state index is 13.7. The van der Waals surface area contributed by atoms with Crippen molar-refractivity contribution in [2.24, 2.45) is 0 Å². The van der Waals surface area contributed by atoms with Gasteiger partial charge < -0.3 is 20.1 Å². The van der Waals surface area contributed by atoms with Crippen LogP contribution >= 0.6 is 0 Å². The number of hydrogen-bond acceptors (Lipinski definition) is 6. The molecule has 4 aromatic rings. The number of ether oxygens (including phenoxy) is 2. The second kappa shape index (κ2) is 9.84. The highest BCUT2D eigenvalue weighted by molar-refractivity contribution is 5.96. The van der Waals surface area contributed by atoms with Crippen molar-refractivity contribution in [2.75, 3.05) is 32.6 Å². The van der Waals surface area contributed by atoms with E-state index in [1.54, 1.807) is 37.0 Å². The summed E-state index contributed by atoms with van der Waals surface area (Å²) in [6.07, 6.45) is 1.67. The minimum Gasteiger partial charge on any atom is -0.437 e. The Morgan fingerprint density at radius 1 is 1.12 bits per heavy atom. The Bertz CT molecular complexity index is 1360. The van der Waals surface area contributed by atoms with Crippen LogP contribution in [0.4, 0.5) is 14.5 Å². The Balaban J connectivity index is 1.78. The van der Waals surface area contributed by atoms with Crippen LogP contribution in [-0.4, -0.2) is 47.8 Å². The number of fused-ring (bicyclic) bond motifs is 1. The molecule has 0 unspecified atom stereocenters. The first-order valence-electron chi connectivity index (χ1n) is 10.5. The number of anilines is 1. The minimum absolute atomic E-state index is 0.0982. The lowest BCUT2D eigenvalue weighted by atomic mass is 10.0. The number of nitrogens with one attached hydrogen (secondary N) is 2. The van der Waals surface area contributed by atoms with Crippen molar-refractivity contribution in [3.63, 3.8) is 0 Å². The molecule has 10 heteroatoms. The quantitative estimate of drug-likeness (QED) is 0.378. The van der Waals surface area contributed by atoms with Crippen molar-refractivity contribution in [1.29, 1.82) is 0 Å². The molecule has 176 valence electrons. The topological polar surface area (TPSA) is 89.8 Å². The Hall–Kier alpha value is -4.05. The molecular weight excluding hydrogens is 444 g/mol. The Morgan fingerprint density at radius 2 is 1.94 bits per heavy atom. The highest BCUT2D eigenvalue weighted by Gasteiger charge is 2.16. The molecule has 0 spiro atoms. The van der Waals surface area contributed by atoms with Gasteiger partial charge in [0.1, 0.15) is 5.75 Å². The molecule has 8 nitrogen and oxygen atoms in total. The molecule has 0 bridgehead atoms. The fourth-order valence-electron chi connectivity index (χ4n) is 3.48. The first kappa shape index (κ1) is 23.1. The maximum Gasteiger partial charge on any atom is 0.251 e. The van der Waals surface area contributed by atoms with E-state index in [1.165, 1.54) is 6.07 Å². The van der Waals surface area contributed by atoms with Gasteiger partial charge in [0, 0.05) is 44.0 Å². The molecule has 0 radical (unpaired) electrons. The summed E-state index contributed by atoms with van der Waals surface area (Å²) in [6.45, 7) is 2.81. The van der Waals surface area contributed by atoms with E-state index in [4.69, 9.17) is 9.47 Å². The summed E-state index contributed by atoms with van der Waals surface area (Å²) in [7, 11) is 3.18. The van der Waals surface area contributed by atoms with E-state index in [9.17, 15) is 13.6 Å². The number of rotatable bonds is 8. The molecule has 0 aliphatic rings. The summed E-state index contributed by atoms with van der Waals surface area (Å²) >= 11 is 0. The Labute approximate surface area is 194 Å². The lowest BCUT2D eigenvalue weighted by Gasteiger charge is -2.12. The number of carbonyl (C=O) groups is 1. The van der Waals surface area contributed by atoms with Gasteiger partial charge in [0.15, 0.2) is 17.3 Å². The molecule has 0 fully saturated rings. The van der Waals surface area contributed by atoms with Crippen LogP contribution in [0.3, 0.4) is 0 Å². The summed E-state index contributed by atoms with van der Waals surface area (Å²) in [4.78, 5) is 16.6. The number of aryl methyl sites for hydroxylation is 1. The minimum atomic E-state index is -1.02. The van der Waals surface area contributed by atoms with Gasteiger partial charge in [-0.25, -0.2) is 18.3 Å². The zero-order valence-corrected chi connectivity index (χ0v) is 18.9. The summed E-state index contributed by atoms with van der Waals surface area (Å²) in [5, 5.41) is 10.4. The molecule has 0 aliphatic heterocycles. The van der Waals surface area contributed by atoms with Crippen LogP contribution in [0.5, 0.6) is 11.6 Å². The number of hydrogen-bond donors (Lipinski definition) is 2. The van der Waals surface area contributed by atoms with Gasteiger partial charge in [-0.2, -0.15) is 0 Å². The zero-order chi connectivity index (χ0) is 24.2. The number of benzene rings is 2. The average molecular weight is 467 g/mol. The summed E-state index contributed by atoms with van der Waals surface area (Å²) in [5.41, 5.74) is 3.97. The summed E-state index contributed by atoms with van der Waals surface area (Å²) in [5.74, 6) is -1.92. The van der Waals surface area contributed by atoms with Gasteiger partial charge in [-0.05, 0) is 36.8 Å². The number of nitrogens with zero attached hydrogens (tertiary/aromatic N) is 3. The molecule has 0 saturated carbocycles. The van der Waals surface area contributed by atoms with Crippen molar-refractivity contribution in [1.82, 2.24) is 19.9 Å². The zero-order valence-electron chi connectivity index (χ0n) is 18.9. The second-order valence-electron chi connectivity index (χ2n) is 7.48. The predicted octanol–water partition coefficient (Wildman–Crippen LogP) is 4.19. The third-order valence-electron chi connectivity index (χ3n) is 5.17. The van der Waals surface area contributed by atoms with Crippen LogP contribution in [0.1, 0.15) is 15.9 Å². The standard InChI is InChI=1S/C24H23F2N5O3/c1-14-10-15(4-6-17(14)24(32)27-2)21-13-29-23-20(28-8-9-33-3)12-22(30-31(21)23)34-16-5-7-18(25)19(26)11-16/h4-7,10-13,28H,8-9H2,1-3H3,(H,27,32). The lowest BCUT2D eigenvalue weighted by Crippen LogP contribution is -2.18. The number of imidazole rings is 1. The van der Waals surface area contributed by atoms with E-state index in [1.807, 2.05) is 19.1 Å². The average Bonchev–Trinajstić information content (AvgIpc) is 3.25. The van der Waals surface area contributed by atoms with Gasteiger partial charge in [0.05, 0.1) is 24.2 Å². The number of aromatic nitrogens is 3. The fraction of sp³-hybridized carbons (Fsp3) is 0.208. The Kier molecular flexibility index (Phi) is 6.69. The molecule has 2 aromatic carbocycles. The van der Waals surface area contributed by atoms with Gasteiger partial charge in [0.25, 0.3) is 5.91 Å². The molecule has 0 atom stereocenters. The van der Waals surface area contributed by atoms with Crippen LogP contribution in [0.15, 0.2) is 48.7 Å². The van der Waals surface area contributed by atoms with Gasteiger partial charge in [0.2, 0.25) is 5.88 Å². The molecule has 1 amide bonds. The van der Waals surface area contributed by atoms with Crippen LogP contribution in [0.2, 0.25) is 0 Å². The number of methoxy groups -OCH3 is 1. The second-order valence-corrected chi connectivity index (χ2v) is 7.48. The van der Waals surface area contributed by atoms with Gasteiger partial charge in [-0.1, -0.05) is 6.07 Å². The highest BCUT2D eigenvalue weighted by Crippen LogP contribution is 2.30. The van der Waals surface area contributed by atoms with Crippen molar-refractivity contribution < 1.29 is 23.0 Å². The molecule has 2 heterocycles. The van der Waals surface area contributed by atoms with Gasteiger partial charge in [-0.15, -0.1) is 5.10 Å². The fourth-order valence-corrected chi connectivity index (χ4v) is 3.48. The SMILES string of the molecule is CNC(=O)c1ccc(-c2cnc3c(NCCOC)cc(Oc4ccc(F)c(F)c4)nn23)cc1C. The molecule has 4 rings (SSSR count). The predicted molar refractivity (Wildman–Crippen MR) is 123 cm³/mol. The van der Waals surface area contributed by atoms with Gasteiger partial charge >= 0.3 is 0 Å². The molecular formula is C24H23F2N5O3. The third kappa shape index (κ3) is 4.67. The maximum atomic E-state index is 13.7. The van der Waals surface area contributed by atoms with E-state index in [-0.39, 0.29) is 17.5 Å². The highest BCUT2D eigenvalue weighted by atomic mass is 19.2. The smallest absolute Gasteiger partial charge is 0.251 e. The van der Waals surface area contributed by atoms with Crippen LogP contribution in [0.25, 0.3) is 16.9 Å². The third-order valence-corrected chi connectivity index (χ3v) is 5.17. The number of carbonyl (C=O) groups excluding carboxylic acids is 1. The van der Waals surface area contributed by atoms with E-state index in [0.717, 1.165) is 23.3 Å². The monoisotopic (exact) mass is 467 g/mol. The van der Waals surface area contributed by atoms with Crippen molar-refractivity contribution in [2.45, 2.75) is 6.92 Å². The first-order chi connectivity index (χ1) is 16.4. The van der Waals surface area contributed by atoms with Gasteiger partial charge in [-0.3, -0.25) is 4.79 Å². The normalized spacial score (nSPS) is 11.0. The van der Waals surface area contributed by atoms with Crippen molar-refractivity contribution in [3.8, 4) is 22.9 Å². The number of amides is 1. The van der Waals surface area contributed by atoms with Crippen molar-refractivity contribution >= 4 is 17.2 Å². The summed E-state index contributed by atoms with van der Waals surface area (Å²) < 4.78 is 39.4. The van der Waals surface area contributed by atoms with E-state index >= 15 is 0 Å². The van der Waals surface area contributed by atoms with Crippen LogP contribution in [0, 0.1) is 18.6 Å². The van der Waals surface area contributed by atoms with E-state index in [0.29, 0.717) is 35.7 Å². The Morgan fingerprint density at radius 3 is 2.65 bits per heavy atom. The van der Waals surface area contributed by atoms with Crippen LogP contribution < -0.4 is 15.4 Å². The summed E-state index contributed by atoms with van der Waals surface area (Å²) in [6, 6.07) is 10.3. The molecule has 0 aliphatic carbocycles. The van der Waals surface area contributed by atoms with E-state index < -0.39 is 11.6 Å². The van der Waals surface area contributed by atoms with Crippen molar-refractivity contribution in [3.05, 3.63) is 71.4 Å². The molecule has 2 N–H and O–H groups in total. The molecule has 0 saturated heterocycles. The van der Waals surface area contributed by atoms with E-state index in [2.05, 4.69) is 20.7 Å². The lowest BCUT2D eigenvalue weighted by molar-refractivity contribution is 0.0962. The first-order valence-corrected chi connectivity index (χ1v) is 10.5. The molecule has 34 heavy (non-hydrogen) atoms. The molecule has 2 aromatic heterocycles. The van der Waals surface area contributed by atoms with Crippen LogP contribution in [-0.2, 0) is 4.74 Å².